The fourth-order valence-corrected chi connectivity index (χ4v) is 4.83. The van der Waals surface area contributed by atoms with Gasteiger partial charge in [-0.2, -0.15) is 0 Å². The maximum Gasteiger partial charge on any atom is 0.352 e. The third-order valence-corrected chi connectivity index (χ3v) is 6.34. The molecule has 2 atom stereocenters. The second kappa shape index (κ2) is 9.86. The molecular weight excluding hydrogens is 480 g/mol. The van der Waals surface area contributed by atoms with Gasteiger partial charge in [0.05, 0.1) is 0 Å². The van der Waals surface area contributed by atoms with Gasteiger partial charge in [-0.15, -0.1) is 23.1 Å². The SMILES string of the molecule is CC(=O)OCC1=C(C(=O)O)N2C(=O)[C@@H](NC(=O)/C(=N\OCC(N)=O)c3csc(N)n3)[C@H]2SC1. The Morgan fingerprint density at radius 3 is 2.70 bits per heavy atom. The molecule has 176 valence electrons. The number of nitrogens with zero attached hydrogens (tertiary/aromatic N) is 3. The number of hydrogen-bond donors (Lipinski definition) is 4. The highest BCUT2D eigenvalue weighted by Gasteiger charge is 2.54. The van der Waals surface area contributed by atoms with Crippen molar-refractivity contribution in [3.8, 4) is 0 Å². The number of nitrogens with two attached hydrogens (primary N) is 2. The summed E-state index contributed by atoms with van der Waals surface area (Å²) >= 11 is 2.22. The highest BCUT2D eigenvalue weighted by molar-refractivity contribution is 8.00. The van der Waals surface area contributed by atoms with Gasteiger partial charge in [0.2, 0.25) is 0 Å². The largest absolute Gasteiger partial charge is 0.477 e. The first-order valence-electron chi connectivity index (χ1n) is 9.14. The van der Waals surface area contributed by atoms with Crippen LogP contribution in [0.2, 0.25) is 0 Å². The predicted octanol–water partition coefficient (Wildman–Crippen LogP) is -1.77. The molecule has 1 fully saturated rings. The molecule has 33 heavy (non-hydrogen) atoms. The highest BCUT2D eigenvalue weighted by atomic mass is 32.2. The molecule has 0 aliphatic carbocycles. The van der Waals surface area contributed by atoms with Gasteiger partial charge in [-0.3, -0.25) is 24.1 Å². The predicted molar refractivity (Wildman–Crippen MR) is 115 cm³/mol. The van der Waals surface area contributed by atoms with Crippen molar-refractivity contribution in [3.63, 3.8) is 0 Å². The van der Waals surface area contributed by atoms with E-state index >= 15 is 0 Å². The number of β-lactam (4-membered cyclic amide) rings is 1. The summed E-state index contributed by atoms with van der Waals surface area (Å²) in [7, 11) is 0. The maximum atomic E-state index is 12.8. The first kappa shape index (κ1) is 24.0. The Kier molecular flexibility index (Phi) is 7.17. The minimum atomic E-state index is -1.36. The van der Waals surface area contributed by atoms with Crippen LogP contribution in [-0.2, 0) is 33.5 Å². The number of primary amides is 1. The van der Waals surface area contributed by atoms with E-state index < -0.39 is 47.7 Å². The number of thioether (sulfide) groups is 1. The van der Waals surface area contributed by atoms with Crippen LogP contribution < -0.4 is 16.8 Å². The fourth-order valence-electron chi connectivity index (χ4n) is 2.95. The zero-order valence-corrected chi connectivity index (χ0v) is 18.6. The average Bonchev–Trinajstić information content (AvgIpc) is 3.17. The van der Waals surface area contributed by atoms with E-state index in [0.29, 0.717) is 0 Å². The Morgan fingerprint density at radius 1 is 1.39 bits per heavy atom. The van der Waals surface area contributed by atoms with Crippen LogP contribution in [0.3, 0.4) is 0 Å². The quantitative estimate of drug-likeness (QED) is 0.129. The molecular formula is C17H18N6O8S2. The molecule has 0 bridgehead atoms. The Morgan fingerprint density at radius 2 is 2.12 bits per heavy atom. The summed E-state index contributed by atoms with van der Waals surface area (Å²) in [6.45, 7) is 0.321. The Labute approximate surface area is 193 Å². The number of esters is 1. The highest BCUT2D eigenvalue weighted by Crippen LogP contribution is 2.40. The van der Waals surface area contributed by atoms with E-state index in [-0.39, 0.29) is 40.2 Å². The summed E-state index contributed by atoms with van der Waals surface area (Å²) in [5.41, 5.74) is 10.3. The van der Waals surface area contributed by atoms with Crippen LogP contribution in [0.5, 0.6) is 0 Å². The lowest BCUT2D eigenvalue weighted by atomic mass is 10.0. The lowest BCUT2D eigenvalue weighted by molar-refractivity contribution is -0.150. The minimum absolute atomic E-state index is 0.0502. The Bertz CT molecular complexity index is 1080. The maximum absolute atomic E-state index is 12.8. The summed E-state index contributed by atoms with van der Waals surface area (Å²) in [6, 6.07) is -1.07. The molecule has 0 radical (unpaired) electrons. The number of rotatable bonds is 9. The molecule has 1 saturated heterocycles. The number of ether oxygens (including phenoxy) is 1. The van der Waals surface area contributed by atoms with Gasteiger partial charge < -0.3 is 31.5 Å². The third-order valence-electron chi connectivity index (χ3n) is 4.33. The van der Waals surface area contributed by atoms with Crippen molar-refractivity contribution in [1.82, 2.24) is 15.2 Å². The molecule has 0 unspecified atom stereocenters. The molecule has 2 aliphatic rings. The molecule has 3 heterocycles. The van der Waals surface area contributed by atoms with Crippen LogP contribution in [0.4, 0.5) is 5.13 Å². The number of fused-ring (bicyclic) bond motifs is 1. The molecule has 3 amide bonds. The average molecular weight is 498 g/mol. The minimum Gasteiger partial charge on any atom is -0.477 e. The molecule has 3 rings (SSSR count). The Balaban J connectivity index is 1.78. The third kappa shape index (κ3) is 5.23. The van der Waals surface area contributed by atoms with Crippen molar-refractivity contribution in [3.05, 3.63) is 22.3 Å². The molecule has 14 nitrogen and oxygen atoms in total. The molecule has 1 aromatic heterocycles. The number of carbonyl (C=O) groups is 5. The van der Waals surface area contributed by atoms with Crippen molar-refractivity contribution >= 4 is 63.6 Å². The van der Waals surface area contributed by atoms with E-state index in [4.69, 9.17) is 21.0 Å². The van der Waals surface area contributed by atoms with Crippen LogP contribution in [0.15, 0.2) is 21.8 Å². The summed E-state index contributed by atoms with van der Waals surface area (Å²) in [4.78, 5) is 69.0. The van der Waals surface area contributed by atoms with E-state index in [2.05, 4.69) is 15.5 Å². The van der Waals surface area contributed by atoms with Gasteiger partial charge in [0.1, 0.15) is 29.4 Å². The zero-order chi connectivity index (χ0) is 24.3. The monoisotopic (exact) mass is 498 g/mol. The number of carboxylic acid groups (broad SMARTS) is 1. The second-order valence-electron chi connectivity index (χ2n) is 6.65. The number of thiazole rings is 1. The first-order valence-corrected chi connectivity index (χ1v) is 11.1. The zero-order valence-electron chi connectivity index (χ0n) is 17.0. The molecule has 0 aromatic carbocycles. The van der Waals surface area contributed by atoms with Crippen molar-refractivity contribution in [2.45, 2.75) is 18.3 Å². The fraction of sp³-hybridized carbons (Fsp3) is 0.353. The van der Waals surface area contributed by atoms with E-state index in [1.807, 2.05) is 0 Å². The number of nitrogens with one attached hydrogen (secondary N) is 1. The van der Waals surface area contributed by atoms with Gasteiger partial charge >= 0.3 is 11.9 Å². The number of hydrogen-bond acceptors (Lipinski definition) is 12. The van der Waals surface area contributed by atoms with Crippen molar-refractivity contribution < 1.29 is 38.7 Å². The topological polar surface area (TPSA) is 217 Å². The van der Waals surface area contributed by atoms with Crippen LogP contribution in [0.1, 0.15) is 12.6 Å². The number of oxime groups is 1. The molecule has 2 aliphatic heterocycles. The van der Waals surface area contributed by atoms with E-state index in [1.54, 1.807) is 0 Å². The molecule has 0 saturated carbocycles. The van der Waals surface area contributed by atoms with Crippen LogP contribution >= 0.6 is 23.1 Å². The van der Waals surface area contributed by atoms with Crippen LogP contribution in [-0.4, -0.2) is 80.7 Å². The summed E-state index contributed by atoms with van der Waals surface area (Å²) < 4.78 is 4.87. The number of anilines is 1. The van der Waals surface area contributed by atoms with Gasteiger partial charge in [-0.25, -0.2) is 9.78 Å². The lowest BCUT2D eigenvalue weighted by Crippen LogP contribution is -2.71. The number of nitrogen functional groups attached to an aromatic ring is 1. The van der Waals surface area contributed by atoms with E-state index in [9.17, 15) is 29.1 Å². The molecule has 16 heteroatoms. The van der Waals surface area contributed by atoms with Gasteiger partial charge in [0.15, 0.2) is 17.5 Å². The standard InChI is InChI=1S/C17H18N6O8S2/c1-6(24)30-2-7-4-32-15-11(14(27)23(15)12(7)16(28)29)21-13(26)10(22-31-3-9(18)25)8-5-33-17(19)20-8/h5,11,15H,2-4H2,1H3,(H2,18,25)(H2,19,20)(H,21,26)(H,28,29)/b22-10-/t11-,15-/m1/s1. The number of aliphatic carboxylic acids is 1. The normalized spacial score (nSPS) is 20.0. The van der Waals surface area contributed by atoms with Crippen LogP contribution in [0, 0.1) is 0 Å². The number of amides is 3. The second-order valence-corrected chi connectivity index (χ2v) is 8.64. The van der Waals surface area contributed by atoms with Crippen molar-refractivity contribution in [2.75, 3.05) is 24.7 Å². The summed E-state index contributed by atoms with van der Waals surface area (Å²) in [6.07, 6.45) is 0. The Hall–Kier alpha value is -3.66. The van der Waals surface area contributed by atoms with E-state index in [1.165, 1.54) is 24.1 Å². The van der Waals surface area contributed by atoms with Crippen LogP contribution in [0.25, 0.3) is 0 Å². The number of aromatic nitrogens is 1. The molecule has 1 aromatic rings. The summed E-state index contributed by atoms with van der Waals surface area (Å²) in [5, 5.41) is 16.5. The van der Waals surface area contributed by atoms with Crippen molar-refractivity contribution in [2.24, 2.45) is 10.9 Å². The smallest absolute Gasteiger partial charge is 0.352 e. The van der Waals surface area contributed by atoms with Gasteiger partial charge in [0.25, 0.3) is 17.7 Å². The summed E-state index contributed by atoms with van der Waals surface area (Å²) in [5.74, 6) is -4.13. The van der Waals surface area contributed by atoms with E-state index in [0.717, 1.165) is 16.2 Å². The van der Waals surface area contributed by atoms with Gasteiger partial charge in [-0.05, 0) is 0 Å². The lowest BCUT2D eigenvalue weighted by Gasteiger charge is -2.49. The molecule has 0 spiro atoms. The number of carbonyl (C=O) groups excluding carboxylic acids is 4. The molecule has 6 N–H and O–H groups in total. The number of carboxylic acids is 1. The first-order chi connectivity index (χ1) is 15.6. The van der Waals surface area contributed by atoms with Gasteiger partial charge in [0, 0.05) is 23.6 Å². The van der Waals surface area contributed by atoms with Crippen molar-refractivity contribution in [1.29, 1.82) is 0 Å². The van der Waals surface area contributed by atoms with Gasteiger partial charge in [-0.1, -0.05) is 5.16 Å².